The van der Waals surface area contributed by atoms with Crippen LogP contribution in [0.2, 0.25) is 5.02 Å². The van der Waals surface area contributed by atoms with E-state index in [4.69, 9.17) is 11.6 Å². The molecule has 3 nitrogen and oxygen atoms in total. The zero-order valence-corrected chi connectivity index (χ0v) is 9.38. The van der Waals surface area contributed by atoms with Gasteiger partial charge >= 0.3 is 5.97 Å². The Balaban J connectivity index is 2.80. The van der Waals surface area contributed by atoms with Gasteiger partial charge < -0.3 is 4.74 Å². The molecular formula is C11H10ClFO3. The fourth-order valence-electron chi connectivity index (χ4n) is 1.15. The molecule has 0 fully saturated rings. The molecule has 0 aliphatic carbocycles. The molecule has 0 aromatic heterocycles. The fourth-order valence-corrected chi connectivity index (χ4v) is 1.32. The quantitative estimate of drug-likeness (QED) is 0.465. The number of ketones is 1. The molecule has 5 heteroatoms. The van der Waals surface area contributed by atoms with E-state index < -0.39 is 24.0 Å². The smallest absolute Gasteiger partial charge is 0.313 e. The van der Waals surface area contributed by atoms with Crippen LogP contribution in [0.3, 0.4) is 0 Å². The lowest BCUT2D eigenvalue weighted by atomic mass is 10.1. The summed E-state index contributed by atoms with van der Waals surface area (Å²) in [6.45, 7) is 1.81. The predicted octanol–water partition coefficient (Wildman–Crippen LogP) is 2.62. The minimum atomic E-state index is -0.696. The van der Waals surface area contributed by atoms with Crippen LogP contribution in [0.15, 0.2) is 18.2 Å². The third-order valence-corrected chi connectivity index (χ3v) is 2.07. The number of carbonyl (C=O) groups excluding carboxylic acids is 2. The second-order valence-electron chi connectivity index (χ2n) is 3.03. The van der Waals surface area contributed by atoms with Crippen molar-refractivity contribution < 1.29 is 18.7 Å². The van der Waals surface area contributed by atoms with Crippen molar-refractivity contribution in [2.24, 2.45) is 0 Å². The number of esters is 1. The molecular weight excluding hydrogens is 235 g/mol. The second kappa shape index (κ2) is 5.61. The summed E-state index contributed by atoms with van der Waals surface area (Å²) in [4.78, 5) is 22.5. The Morgan fingerprint density at radius 2 is 2.12 bits per heavy atom. The number of rotatable bonds is 4. The maximum Gasteiger partial charge on any atom is 0.313 e. The van der Waals surface area contributed by atoms with Crippen molar-refractivity contribution in [3.05, 3.63) is 34.6 Å². The first kappa shape index (κ1) is 12.6. The van der Waals surface area contributed by atoms with Crippen molar-refractivity contribution in [3.63, 3.8) is 0 Å². The van der Waals surface area contributed by atoms with Crippen LogP contribution in [-0.4, -0.2) is 18.4 Å². The highest BCUT2D eigenvalue weighted by atomic mass is 35.5. The van der Waals surface area contributed by atoms with Crippen LogP contribution >= 0.6 is 11.6 Å². The van der Waals surface area contributed by atoms with Crippen LogP contribution in [-0.2, 0) is 9.53 Å². The maximum absolute atomic E-state index is 13.2. The van der Waals surface area contributed by atoms with Crippen molar-refractivity contribution >= 4 is 23.4 Å². The second-order valence-corrected chi connectivity index (χ2v) is 3.47. The van der Waals surface area contributed by atoms with Crippen LogP contribution in [0.4, 0.5) is 4.39 Å². The largest absolute Gasteiger partial charge is 0.466 e. The van der Waals surface area contributed by atoms with Crippen molar-refractivity contribution in [2.75, 3.05) is 6.61 Å². The number of hydrogen-bond acceptors (Lipinski definition) is 3. The minimum Gasteiger partial charge on any atom is -0.466 e. The molecule has 1 aromatic carbocycles. The van der Waals surface area contributed by atoms with E-state index in [9.17, 15) is 14.0 Å². The minimum absolute atomic E-state index is 0.185. The third kappa shape index (κ3) is 3.31. The summed E-state index contributed by atoms with van der Waals surface area (Å²) in [6, 6.07) is 3.61. The Morgan fingerprint density at radius 1 is 1.44 bits per heavy atom. The monoisotopic (exact) mass is 244 g/mol. The molecule has 1 rings (SSSR count). The standard InChI is InChI=1S/C11H10ClFO3/c1-2-16-11(15)6-10(14)8-5-7(12)3-4-9(8)13/h3-5H,2,6H2,1H3. The van der Waals surface area contributed by atoms with E-state index in [0.29, 0.717) is 0 Å². The van der Waals surface area contributed by atoms with E-state index in [1.165, 1.54) is 12.1 Å². The fraction of sp³-hybridized carbons (Fsp3) is 0.273. The summed E-state index contributed by atoms with van der Waals surface area (Å²) in [5.41, 5.74) is -0.194. The van der Waals surface area contributed by atoms with Crippen LogP contribution in [0.5, 0.6) is 0 Å². The first-order valence-corrected chi connectivity index (χ1v) is 5.06. The molecule has 86 valence electrons. The van der Waals surface area contributed by atoms with E-state index in [2.05, 4.69) is 4.74 Å². The molecule has 0 unspecified atom stereocenters. The van der Waals surface area contributed by atoms with Gasteiger partial charge in [-0.25, -0.2) is 4.39 Å². The average Bonchev–Trinajstić information content (AvgIpc) is 2.21. The van der Waals surface area contributed by atoms with Gasteiger partial charge in [-0.3, -0.25) is 9.59 Å². The first-order valence-electron chi connectivity index (χ1n) is 4.68. The van der Waals surface area contributed by atoms with Gasteiger partial charge in [0.2, 0.25) is 0 Å². The topological polar surface area (TPSA) is 43.4 Å². The predicted molar refractivity (Wildman–Crippen MR) is 57.0 cm³/mol. The Kier molecular flexibility index (Phi) is 4.43. The van der Waals surface area contributed by atoms with Gasteiger partial charge in [-0.1, -0.05) is 11.6 Å². The van der Waals surface area contributed by atoms with Crippen LogP contribution < -0.4 is 0 Å². The van der Waals surface area contributed by atoms with Crippen molar-refractivity contribution in [1.82, 2.24) is 0 Å². The van der Waals surface area contributed by atoms with E-state index in [1.54, 1.807) is 6.92 Å². The van der Waals surface area contributed by atoms with Crippen molar-refractivity contribution in [1.29, 1.82) is 0 Å². The Hall–Kier alpha value is -1.42. The van der Waals surface area contributed by atoms with Crippen LogP contribution in [0.1, 0.15) is 23.7 Å². The van der Waals surface area contributed by atoms with Gasteiger partial charge in [0.25, 0.3) is 0 Å². The molecule has 0 radical (unpaired) electrons. The van der Waals surface area contributed by atoms with E-state index in [1.807, 2.05) is 0 Å². The molecule has 0 spiro atoms. The van der Waals surface area contributed by atoms with Crippen LogP contribution in [0.25, 0.3) is 0 Å². The first-order chi connectivity index (χ1) is 7.54. The zero-order valence-electron chi connectivity index (χ0n) is 8.63. The van der Waals surface area contributed by atoms with E-state index in [-0.39, 0.29) is 17.2 Å². The van der Waals surface area contributed by atoms with Gasteiger partial charge in [0.05, 0.1) is 12.2 Å². The van der Waals surface area contributed by atoms with Crippen molar-refractivity contribution in [2.45, 2.75) is 13.3 Å². The normalized spacial score (nSPS) is 9.94. The molecule has 0 amide bonds. The summed E-state index contributed by atoms with van der Waals surface area (Å²) >= 11 is 5.62. The highest BCUT2D eigenvalue weighted by Gasteiger charge is 2.16. The van der Waals surface area contributed by atoms with Gasteiger partial charge in [0, 0.05) is 5.02 Å². The molecule has 16 heavy (non-hydrogen) atoms. The van der Waals surface area contributed by atoms with Gasteiger partial charge in [0.1, 0.15) is 12.2 Å². The lowest BCUT2D eigenvalue weighted by molar-refractivity contribution is -0.141. The molecule has 0 saturated heterocycles. The molecule has 0 aliphatic heterocycles. The number of ether oxygens (including phenoxy) is 1. The highest BCUT2D eigenvalue weighted by molar-refractivity contribution is 6.31. The van der Waals surface area contributed by atoms with E-state index in [0.717, 1.165) is 6.07 Å². The number of benzene rings is 1. The number of carbonyl (C=O) groups is 2. The Bertz CT molecular complexity index is 418. The Morgan fingerprint density at radius 3 is 2.75 bits per heavy atom. The lowest BCUT2D eigenvalue weighted by Gasteiger charge is -2.03. The summed E-state index contributed by atoms with van der Waals surface area (Å²) < 4.78 is 17.8. The zero-order chi connectivity index (χ0) is 12.1. The Labute approximate surface area is 97.2 Å². The molecule has 0 atom stereocenters. The maximum atomic E-state index is 13.2. The number of halogens is 2. The average molecular weight is 245 g/mol. The molecule has 0 bridgehead atoms. The highest BCUT2D eigenvalue weighted by Crippen LogP contribution is 2.16. The third-order valence-electron chi connectivity index (χ3n) is 1.84. The van der Waals surface area contributed by atoms with Crippen molar-refractivity contribution in [3.8, 4) is 0 Å². The summed E-state index contributed by atoms with van der Waals surface area (Å²) in [5.74, 6) is -2.01. The summed E-state index contributed by atoms with van der Waals surface area (Å²) in [7, 11) is 0. The molecule has 0 N–H and O–H groups in total. The van der Waals surface area contributed by atoms with Crippen LogP contribution in [0, 0.1) is 5.82 Å². The number of Topliss-reactive ketones (excluding diaryl/α,β-unsaturated/α-hetero) is 1. The van der Waals surface area contributed by atoms with E-state index >= 15 is 0 Å². The van der Waals surface area contributed by atoms with Gasteiger partial charge in [-0.2, -0.15) is 0 Å². The van der Waals surface area contributed by atoms with Gasteiger partial charge in [-0.05, 0) is 25.1 Å². The molecule has 1 aromatic rings. The summed E-state index contributed by atoms with van der Waals surface area (Å²) in [5, 5.41) is 0.244. The summed E-state index contributed by atoms with van der Waals surface area (Å²) in [6.07, 6.45) is -0.481. The molecule has 0 heterocycles. The van der Waals surface area contributed by atoms with Gasteiger partial charge in [-0.15, -0.1) is 0 Å². The molecule has 0 saturated carbocycles. The lowest BCUT2D eigenvalue weighted by Crippen LogP contribution is -2.12. The number of hydrogen-bond donors (Lipinski definition) is 0. The SMILES string of the molecule is CCOC(=O)CC(=O)c1cc(Cl)ccc1F. The van der Waals surface area contributed by atoms with Gasteiger partial charge in [0.15, 0.2) is 5.78 Å². The molecule has 0 aliphatic rings.